The number of aliphatic imine (C=N–C) groups is 1. The van der Waals surface area contributed by atoms with Crippen LogP contribution in [0, 0.1) is 5.92 Å². The summed E-state index contributed by atoms with van der Waals surface area (Å²) < 4.78 is 2.17. The van der Waals surface area contributed by atoms with E-state index in [4.69, 9.17) is 0 Å². The zero-order chi connectivity index (χ0) is 6.85. The molecule has 0 unspecified atom stereocenters. The van der Waals surface area contributed by atoms with Gasteiger partial charge in [0.1, 0.15) is 7.05 Å². The maximum atomic E-state index is 4.13. The fourth-order valence-electron chi connectivity index (χ4n) is 1.03. The SMILES string of the molecule is CC(C)C1=[N+](C)CN=C1. The molecule has 0 atom stereocenters. The average molecular weight is 125 g/mol. The van der Waals surface area contributed by atoms with Gasteiger partial charge in [-0.25, -0.2) is 9.57 Å². The van der Waals surface area contributed by atoms with Crippen LogP contribution in [0.1, 0.15) is 13.8 Å². The summed E-state index contributed by atoms with van der Waals surface area (Å²) in [6.07, 6.45) is 1.96. The highest BCUT2D eigenvalue weighted by Gasteiger charge is 2.16. The lowest BCUT2D eigenvalue weighted by Gasteiger charge is -1.96. The minimum Gasteiger partial charge on any atom is -0.222 e. The quantitative estimate of drug-likeness (QED) is 0.460. The summed E-state index contributed by atoms with van der Waals surface area (Å²) in [6.45, 7) is 5.21. The van der Waals surface area contributed by atoms with Crippen LogP contribution in [0.5, 0.6) is 0 Å². The summed E-state index contributed by atoms with van der Waals surface area (Å²) in [5.41, 5.74) is 1.34. The van der Waals surface area contributed by atoms with Crippen LogP contribution in [0.3, 0.4) is 0 Å². The first-order valence-electron chi connectivity index (χ1n) is 3.29. The van der Waals surface area contributed by atoms with Gasteiger partial charge in [0.2, 0.25) is 6.67 Å². The number of nitrogens with zero attached hydrogens (tertiary/aromatic N) is 2. The average Bonchev–Trinajstić information content (AvgIpc) is 2.13. The fourth-order valence-corrected chi connectivity index (χ4v) is 1.03. The van der Waals surface area contributed by atoms with Crippen molar-refractivity contribution in [3.05, 3.63) is 0 Å². The molecule has 0 fully saturated rings. The Balaban J connectivity index is 2.77. The summed E-state index contributed by atoms with van der Waals surface area (Å²) in [6, 6.07) is 0. The Morgan fingerprint density at radius 1 is 1.67 bits per heavy atom. The fraction of sp³-hybridized carbons (Fsp3) is 0.714. The maximum absolute atomic E-state index is 4.13. The van der Waals surface area contributed by atoms with Crippen LogP contribution in [0.15, 0.2) is 4.99 Å². The van der Waals surface area contributed by atoms with Crippen LogP contribution < -0.4 is 0 Å². The van der Waals surface area contributed by atoms with E-state index in [0.717, 1.165) is 6.67 Å². The second kappa shape index (κ2) is 2.29. The van der Waals surface area contributed by atoms with E-state index >= 15 is 0 Å². The van der Waals surface area contributed by atoms with Gasteiger partial charge in [-0.3, -0.25) is 0 Å². The van der Waals surface area contributed by atoms with Gasteiger partial charge in [0.25, 0.3) is 0 Å². The van der Waals surface area contributed by atoms with Crippen molar-refractivity contribution < 1.29 is 4.58 Å². The lowest BCUT2D eigenvalue weighted by molar-refractivity contribution is -0.491. The van der Waals surface area contributed by atoms with Crippen molar-refractivity contribution in [1.82, 2.24) is 0 Å². The number of rotatable bonds is 1. The van der Waals surface area contributed by atoms with Crippen LogP contribution >= 0.6 is 0 Å². The summed E-state index contributed by atoms with van der Waals surface area (Å²) in [4.78, 5) is 4.13. The van der Waals surface area contributed by atoms with Crippen molar-refractivity contribution in [2.75, 3.05) is 13.7 Å². The third-order valence-corrected chi connectivity index (χ3v) is 1.55. The largest absolute Gasteiger partial charge is 0.235 e. The van der Waals surface area contributed by atoms with Crippen molar-refractivity contribution in [2.45, 2.75) is 13.8 Å². The van der Waals surface area contributed by atoms with Crippen LogP contribution in [0.2, 0.25) is 0 Å². The predicted molar refractivity (Wildman–Crippen MR) is 39.4 cm³/mol. The Kier molecular flexibility index (Phi) is 1.65. The van der Waals surface area contributed by atoms with Gasteiger partial charge in [-0.2, -0.15) is 0 Å². The molecule has 50 valence electrons. The molecule has 9 heavy (non-hydrogen) atoms. The molecule has 0 aromatic carbocycles. The van der Waals surface area contributed by atoms with Crippen molar-refractivity contribution in [1.29, 1.82) is 0 Å². The molecule has 1 rings (SSSR count). The molecular weight excluding hydrogens is 112 g/mol. The monoisotopic (exact) mass is 125 g/mol. The molecule has 1 aliphatic rings. The Morgan fingerprint density at radius 3 is 2.56 bits per heavy atom. The van der Waals surface area contributed by atoms with E-state index in [1.54, 1.807) is 0 Å². The van der Waals surface area contributed by atoms with E-state index < -0.39 is 0 Å². The van der Waals surface area contributed by atoms with Crippen molar-refractivity contribution in [2.24, 2.45) is 10.9 Å². The Labute approximate surface area is 55.9 Å². The molecule has 0 bridgehead atoms. The number of hydrogen-bond donors (Lipinski definition) is 0. The highest BCUT2D eigenvalue weighted by molar-refractivity contribution is 6.29. The minimum atomic E-state index is 0.612. The molecule has 0 radical (unpaired) electrons. The molecule has 0 amide bonds. The Hall–Kier alpha value is -0.660. The molecule has 0 aromatic heterocycles. The maximum Gasteiger partial charge on any atom is 0.235 e. The van der Waals surface area contributed by atoms with Crippen molar-refractivity contribution in [3.63, 3.8) is 0 Å². The molecule has 0 N–H and O–H groups in total. The van der Waals surface area contributed by atoms with Crippen molar-refractivity contribution >= 4 is 11.9 Å². The van der Waals surface area contributed by atoms with Crippen LogP contribution in [0.25, 0.3) is 0 Å². The normalized spacial score (nSPS) is 18.2. The van der Waals surface area contributed by atoms with Crippen LogP contribution in [-0.2, 0) is 0 Å². The molecule has 1 aliphatic heterocycles. The Morgan fingerprint density at radius 2 is 2.33 bits per heavy atom. The van der Waals surface area contributed by atoms with E-state index in [1.165, 1.54) is 5.71 Å². The van der Waals surface area contributed by atoms with Gasteiger partial charge in [-0.15, -0.1) is 0 Å². The lowest BCUT2D eigenvalue weighted by Crippen LogP contribution is -2.18. The van der Waals surface area contributed by atoms with Gasteiger partial charge >= 0.3 is 0 Å². The van der Waals surface area contributed by atoms with E-state index in [1.807, 2.05) is 6.21 Å². The third kappa shape index (κ3) is 1.18. The van der Waals surface area contributed by atoms with Gasteiger partial charge in [-0.1, -0.05) is 13.8 Å². The van der Waals surface area contributed by atoms with E-state index in [-0.39, 0.29) is 0 Å². The Bertz CT molecular complexity index is 166. The first-order chi connectivity index (χ1) is 4.22. The molecule has 0 saturated carbocycles. The zero-order valence-electron chi connectivity index (χ0n) is 6.26. The molecule has 0 aliphatic carbocycles. The first-order valence-corrected chi connectivity index (χ1v) is 3.29. The molecular formula is C7H13N2+. The third-order valence-electron chi connectivity index (χ3n) is 1.55. The van der Waals surface area contributed by atoms with Crippen molar-refractivity contribution in [3.8, 4) is 0 Å². The van der Waals surface area contributed by atoms with Gasteiger partial charge < -0.3 is 0 Å². The summed E-state index contributed by atoms with van der Waals surface area (Å²) in [5.74, 6) is 0.612. The highest BCUT2D eigenvalue weighted by Crippen LogP contribution is 1.98. The molecule has 2 heteroatoms. The van der Waals surface area contributed by atoms with Crippen LogP contribution in [-0.4, -0.2) is 30.2 Å². The lowest BCUT2D eigenvalue weighted by atomic mass is 10.1. The van der Waals surface area contributed by atoms with Gasteiger partial charge in [0, 0.05) is 5.92 Å². The molecule has 2 nitrogen and oxygen atoms in total. The molecule has 0 spiro atoms. The van der Waals surface area contributed by atoms with E-state index in [2.05, 4.69) is 30.5 Å². The molecule has 0 saturated heterocycles. The smallest absolute Gasteiger partial charge is 0.222 e. The highest BCUT2D eigenvalue weighted by atomic mass is 15.1. The van der Waals surface area contributed by atoms with Crippen LogP contribution in [0.4, 0.5) is 0 Å². The second-order valence-corrected chi connectivity index (χ2v) is 2.73. The summed E-state index contributed by atoms with van der Waals surface area (Å²) in [7, 11) is 2.07. The van der Waals surface area contributed by atoms with E-state index in [9.17, 15) is 0 Å². The summed E-state index contributed by atoms with van der Waals surface area (Å²) in [5, 5.41) is 0. The first kappa shape index (κ1) is 6.46. The second-order valence-electron chi connectivity index (χ2n) is 2.73. The van der Waals surface area contributed by atoms with E-state index in [0.29, 0.717) is 5.92 Å². The topological polar surface area (TPSA) is 15.4 Å². The van der Waals surface area contributed by atoms with Gasteiger partial charge in [0.05, 0.1) is 6.21 Å². The van der Waals surface area contributed by atoms with Gasteiger partial charge in [-0.05, 0) is 0 Å². The standard InChI is InChI=1S/C7H13N2/c1-6(2)7-4-8-5-9(7)3/h4,6H,5H2,1-3H3/q+1. The predicted octanol–water partition coefficient (Wildman–Crippen LogP) is 0.768. The summed E-state index contributed by atoms with van der Waals surface area (Å²) >= 11 is 0. The molecule has 0 aromatic rings. The molecule has 1 heterocycles. The van der Waals surface area contributed by atoms with Gasteiger partial charge in [0.15, 0.2) is 5.71 Å². The zero-order valence-corrected chi connectivity index (χ0v) is 6.26. The number of hydrogen-bond acceptors (Lipinski definition) is 1. The minimum absolute atomic E-state index is 0.612.